The topological polar surface area (TPSA) is 34.1 Å². The zero-order chi connectivity index (χ0) is 13.5. The molecule has 0 atom stereocenters. The summed E-state index contributed by atoms with van der Waals surface area (Å²) in [6.45, 7) is 6.81. The Kier molecular flexibility index (Phi) is 5.36. The Morgan fingerprint density at radius 3 is 2.89 bits per heavy atom. The predicted octanol–water partition coefficient (Wildman–Crippen LogP) is 3.47. The molecule has 0 saturated heterocycles. The molecule has 4 heteroatoms. The van der Waals surface area contributed by atoms with Crippen LogP contribution < -0.4 is 10.1 Å². The van der Waals surface area contributed by atoms with Gasteiger partial charge >= 0.3 is 0 Å². The van der Waals surface area contributed by atoms with Crippen molar-refractivity contribution in [1.82, 2.24) is 10.3 Å². The number of benzene rings is 1. The van der Waals surface area contributed by atoms with Crippen LogP contribution in [0.2, 0.25) is 0 Å². The van der Waals surface area contributed by atoms with E-state index in [4.69, 9.17) is 4.74 Å². The van der Waals surface area contributed by atoms with Crippen molar-refractivity contribution in [2.45, 2.75) is 27.0 Å². The maximum Gasteiger partial charge on any atom is 0.140 e. The van der Waals surface area contributed by atoms with E-state index in [1.54, 1.807) is 17.5 Å². The maximum atomic E-state index is 5.85. The first-order valence-electron chi connectivity index (χ1n) is 6.55. The van der Waals surface area contributed by atoms with Crippen LogP contribution in [0, 0.1) is 5.92 Å². The minimum Gasteiger partial charge on any atom is -0.486 e. The van der Waals surface area contributed by atoms with Crippen molar-refractivity contribution in [1.29, 1.82) is 0 Å². The van der Waals surface area contributed by atoms with Gasteiger partial charge in [0.25, 0.3) is 0 Å². The van der Waals surface area contributed by atoms with Gasteiger partial charge in [-0.3, -0.25) is 0 Å². The van der Waals surface area contributed by atoms with Gasteiger partial charge in [-0.15, -0.1) is 11.3 Å². The number of nitrogens with zero attached hydrogens (tertiary/aromatic N) is 1. The first-order chi connectivity index (χ1) is 9.25. The highest BCUT2D eigenvalue weighted by Crippen LogP contribution is 2.19. The molecule has 1 heterocycles. The summed E-state index contributed by atoms with van der Waals surface area (Å²) in [5.74, 6) is 1.59. The summed E-state index contributed by atoms with van der Waals surface area (Å²) < 4.78 is 5.85. The van der Waals surface area contributed by atoms with E-state index in [1.807, 2.05) is 23.6 Å². The molecule has 0 saturated carbocycles. The Morgan fingerprint density at radius 2 is 2.16 bits per heavy atom. The highest BCUT2D eigenvalue weighted by molar-refractivity contribution is 7.09. The molecule has 1 aromatic carbocycles. The average molecular weight is 276 g/mol. The lowest BCUT2D eigenvalue weighted by atomic mass is 10.2. The molecular weight excluding hydrogens is 256 g/mol. The molecule has 0 aliphatic rings. The average Bonchev–Trinajstić information content (AvgIpc) is 2.90. The zero-order valence-corrected chi connectivity index (χ0v) is 12.2. The molecule has 0 amide bonds. The Balaban J connectivity index is 1.92. The number of thiazole rings is 1. The molecule has 2 aromatic rings. The van der Waals surface area contributed by atoms with Crippen LogP contribution in [0.25, 0.3) is 0 Å². The second kappa shape index (κ2) is 7.26. The normalized spacial score (nSPS) is 10.9. The van der Waals surface area contributed by atoms with Crippen LogP contribution in [0.5, 0.6) is 5.75 Å². The van der Waals surface area contributed by atoms with Crippen molar-refractivity contribution < 1.29 is 4.74 Å². The fraction of sp³-hybridized carbons (Fsp3) is 0.400. The number of para-hydroxylation sites is 1. The molecule has 19 heavy (non-hydrogen) atoms. The molecule has 0 spiro atoms. The molecule has 0 unspecified atom stereocenters. The van der Waals surface area contributed by atoms with E-state index in [1.165, 1.54) is 5.56 Å². The van der Waals surface area contributed by atoms with Gasteiger partial charge in [0.2, 0.25) is 0 Å². The Hall–Kier alpha value is -1.39. The van der Waals surface area contributed by atoms with E-state index in [2.05, 4.69) is 30.2 Å². The minimum absolute atomic E-state index is 0.541. The number of ether oxygens (including phenoxy) is 1. The molecule has 2 rings (SSSR count). The zero-order valence-electron chi connectivity index (χ0n) is 11.4. The van der Waals surface area contributed by atoms with Gasteiger partial charge in [-0.25, -0.2) is 4.98 Å². The van der Waals surface area contributed by atoms with Gasteiger partial charge in [-0.1, -0.05) is 32.0 Å². The minimum atomic E-state index is 0.541. The maximum absolute atomic E-state index is 5.85. The standard InChI is InChI=1S/C15H20N2OS/c1-12(2)9-16-10-13-5-3-4-6-14(13)18-11-15-17-7-8-19-15/h3-8,12,16H,9-11H2,1-2H3. The largest absolute Gasteiger partial charge is 0.486 e. The summed E-state index contributed by atoms with van der Waals surface area (Å²) >= 11 is 1.62. The van der Waals surface area contributed by atoms with Gasteiger partial charge in [-0.05, 0) is 18.5 Å². The van der Waals surface area contributed by atoms with Crippen LogP contribution >= 0.6 is 11.3 Å². The first kappa shape index (κ1) is 14.0. The highest BCUT2D eigenvalue weighted by Gasteiger charge is 2.04. The van der Waals surface area contributed by atoms with Gasteiger partial charge in [-0.2, -0.15) is 0 Å². The van der Waals surface area contributed by atoms with Crippen LogP contribution in [-0.4, -0.2) is 11.5 Å². The van der Waals surface area contributed by atoms with Gasteiger partial charge in [0, 0.05) is 23.7 Å². The monoisotopic (exact) mass is 276 g/mol. The summed E-state index contributed by atoms with van der Waals surface area (Å²) in [6.07, 6.45) is 1.81. The molecular formula is C15H20N2OS. The van der Waals surface area contributed by atoms with E-state index >= 15 is 0 Å². The third kappa shape index (κ3) is 4.65. The van der Waals surface area contributed by atoms with Crippen molar-refractivity contribution in [3.63, 3.8) is 0 Å². The van der Waals surface area contributed by atoms with Crippen molar-refractivity contribution in [2.24, 2.45) is 5.92 Å². The van der Waals surface area contributed by atoms with Crippen LogP contribution in [0.3, 0.4) is 0 Å². The Morgan fingerprint density at radius 1 is 1.32 bits per heavy atom. The third-order valence-electron chi connectivity index (χ3n) is 2.68. The van der Waals surface area contributed by atoms with Gasteiger partial charge in [0.15, 0.2) is 0 Å². The smallest absolute Gasteiger partial charge is 0.140 e. The fourth-order valence-corrected chi connectivity index (χ4v) is 2.28. The SMILES string of the molecule is CC(C)CNCc1ccccc1OCc1nccs1. The van der Waals surface area contributed by atoms with Crippen molar-refractivity contribution >= 4 is 11.3 Å². The first-order valence-corrected chi connectivity index (χ1v) is 7.43. The lowest BCUT2D eigenvalue weighted by Gasteiger charge is -2.12. The molecule has 0 aliphatic heterocycles. The van der Waals surface area contributed by atoms with E-state index in [0.29, 0.717) is 12.5 Å². The van der Waals surface area contributed by atoms with Crippen molar-refractivity contribution in [3.8, 4) is 5.75 Å². The van der Waals surface area contributed by atoms with Crippen LogP contribution in [0.4, 0.5) is 0 Å². The second-order valence-electron chi connectivity index (χ2n) is 4.85. The van der Waals surface area contributed by atoms with Crippen LogP contribution in [-0.2, 0) is 13.2 Å². The van der Waals surface area contributed by atoms with Gasteiger partial charge in [0.1, 0.15) is 17.4 Å². The molecule has 0 radical (unpaired) electrons. The molecule has 0 aliphatic carbocycles. The summed E-state index contributed by atoms with van der Waals surface area (Å²) in [5.41, 5.74) is 1.19. The van der Waals surface area contributed by atoms with Gasteiger partial charge in [0.05, 0.1) is 0 Å². The quantitative estimate of drug-likeness (QED) is 0.841. The Bertz CT molecular complexity index is 483. The molecule has 1 aromatic heterocycles. The van der Waals surface area contributed by atoms with Crippen molar-refractivity contribution in [2.75, 3.05) is 6.54 Å². The molecule has 0 bridgehead atoms. The van der Waals surface area contributed by atoms with E-state index in [-0.39, 0.29) is 0 Å². The molecule has 1 N–H and O–H groups in total. The predicted molar refractivity (Wildman–Crippen MR) is 79.4 cm³/mol. The highest BCUT2D eigenvalue weighted by atomic mass is 32.1. The van der Waals surface area contributed by atoms with Crippen LogP contribution in [0.1, 0.15) is 24.4 Å². The summed E-state index contributed by atoms with van der Waals surface area (Å²) in [5, 5.41) is 6.41. The number of aromatic nitrogens is 1. The summed E-state index contributed by atoms with van der Waals surface area (Å²) in [6, 6.07) is 8.16. The van der Waals surface area contributed by atoms with E-state index < -0.39 is 0 Å². The van der Waals surface area contributed by atoms with E-state index in [0.717, 1.165) is 23.8 Å². The lowest BCUT2D eigenvalue weighted by molar-refractivity contribution is 0.301. The molecule has 3 nitrogen and oxygen atoms in total. The number of nitrogens with one attached hydrogen (secondary N) is 1. The fourth-order valence-electron chi connectivity index (χ4n) is 1.75. The van der Waals surface area contributed by atoms with Crippen molar-refractivity contribution in [3.05, 3.63) is 46.4 Å². The lowest BCUT2D eigenvalue weighted by Crippen LogP contribution is -2.19. The number of hydrogen-bond acceptors (Lipinski definition) is 4. The van der Waals surface area contributed by atoms with E-state index in [9.17, 15) is 0 Å². The second-order valence-corrected chi connectivity index (χ2v) is 5.83. The third-order valence-corrected chi connectivity index (χ3v) is 3.43. The summed E-state index contributed by atoms with van der Waals surface area (Å²) in [4.78, 5) is 4.22. The Labute approximate surface area is 118 Å². The number of hydrogen-bond donors (Lipinski definition) is 1. The molecule has 102 valence electrons. The summed E-state index contributed by atoms with van der Waals surface area (Å²) in [7, 11) is 0. The number of rotatable bonds is 7. The molecule has 0 fully saturated rings. The van der Waals surface area contributed by atoms with Crippen LogP contribution in [0.15, 0.2) is 35.8 Å². The van der Waals surface area contributed by atoms with Gasteiger partial charge < -0.3 is 10.1 Å².